The van der Waals surface area contributed by atoms with Crippen LogP contribution >= 0.6 is 0 Å². The summed E-state index contributed by atoms with van der Waals surface area (Å²) in [5.74, 6) is 0.186. The molecule has 0 bridgehead atoms. The Balaban J connectivity index is 2.22. The lowest BCUT2D eigenvalue weighted by molar-refractivity contribution is 0.0708. The van der Waals surface area contributed by atoms with Crippen LogP contribution in [0.3, 0.4) is 0 Å². The fourth-order valence-electron chi connectivity index (χ4n) is 2.14. The Labute approximate surface area is 101 Å². The fraction of sp³-hybridized carbons (Fsp3) is 0.462. The zero-order chi connectivity index (χ0) is 12.4. The Morgan fingerprint density at radius 1 is 1.53 bits per heavy atom. The van der Waals surface area contributed by atoms with Crippen molar-refractivity contribution in [2.45, 2.75) is 19.9 Å². The average molecular weight is 234 g/mol. The summed E-state index contributed by atoms with van der Waals surface area (Å²) in [6.45, 7) is 6.10. The highest BCUT2D eigenvalue weighted by molar-refractivity contribution is 5.96. The van der Waals surface area contributed by atoms with Crippen LogP contribution in [0, 0.1) is 6.92 Å². The lowest BCUT2D eigenvalue weighted by Gasteiger charge is -2.32. The van der Waals surface area contributed by atoms with E-state index < -0.39 is 0 Å². The second-order valence-electron chi connectivity index (χ2n) is 4.56. The van der Waals surface area contributed by atoms with Gasteiger partial charge in [-0.2, -0.15) is 0 Å². The second kappa shape index (κ2) is 4.75. The van der Waals surface area contributed by atoms with Gasteiger partial charge in [-0.15, -0.1) is 0 Å². The highest BCUT2D eigenvalue weighted by Gasteiger charge is 2.23. The third kappa shape index (κ3) is 2.42. The van der Waals surface area contributed by atoms with Crippen molar-refractivity contribution in [3.05, 3.63) is 29.3 Å². The molecule has 1 heterocycles. The van der Waals surface area contributed by atoms with Gasteiger partial charge in [0, 0.05) is 36.8 Å². The molecule has 0 saturated carbocycles. The monoisotopic (exact) mass is 234 g/mol. The van der Waals surface area contributed by atoms with Crippen LogP contribution in [0.15, 0.2) is 18.2 Å². The summed E-state index contributed by atoms with van der Waals surface area (Å²) >= 11 is 0. The zero-order valence-corrected chi connectivity index (χ0v) is 10.2. The Morgan fingerprint density at radius 3 is 3.00 bits per heavy atom. The third-order valence-electron chi connectivity index (χ3n) is 3.19. The molecular formula is C13H18N2O2. The zero-order valence-electron chi connectivity index (χ0n) is 10.2. The number of nitrogens with one attached hydrogen (secondary N) is 1. The van der Waals surface area contributed by atoms with E-state index in [2.05, 4.69) is 12.2 Å². The molecule has 17 heavy (non-hydrogen) atoms. The number of nitrogens with zero attached hydrogens (tertiary/aromatic N) is 1. The molecule has 0 radical (unpaired) electrons. The third-order valence-corrected chi connectivity index (χ3v) is 3.19. The molecule has 1 aliphatic heterocycles. The number of phenols is 1. The van der Waals surface area contributed by atoms with Gasteiger partial charge in [-0.3, -0.25) is 4.79 Å². The number of carbonyl (C=O) groups excluding carboxylic acids is 1. The summed E-state index contributed by atoms with van der Waals surface area (Å²) in [4.78, 5) is 14.1. The van der Waals surface area contributed by atoms with Crippen molar-refractivity contribution >= 4 is 5.91 Å². The maximum atomic E-state index is 12.3. The summed E-state index contributed by atoms with van der Waals surface area (Å²) in [6, 6.07) is 5.41. The van der Waals surface area contributed by atoms with Gasteiger partial charge in [0.1, 0.15) is 5.75 Å². The molecule has 1 amide bonds. The van der Waals surface area contributed by atoms with Gasteiger partial charge in [0.2, 0.25) is 0 Å². The first kappa shape index (κ1) is 11.9. The minimum atomic E-state index is 0.00625. The number of rotatable bonds is 1. The van der Waals surface area contributed by atoms with Crippen molar-refractivity contribution in [1.29, 1.82) is 0 Å². The molecule has 2 N–H and O–H groups in total. The molecule has 92 valence electrons. The molecule has 1 atom stereocenters. The fourth-order valence-corrected chi connectivity index (χ4v) is 2.14. The molecule has 0 spiro atoms. The van der Waals surface area contributed by atoms with Gasteiger partial charge in [-0.25, -0.2) is 0 Å². The SMILES string of the molecule is Cc1c(O)cccc1C(=O)N1CCNC(C)C1. The standard InChI is InChI=1S/C13H18N2O2/c1-9-8-15(7-6-14-9)13(17)11-4-3-5-12(16)10(11)2/h3-5,9,14,16H,6-8H2,1-2H3. The topological polar surface area (TPSA) is 52.6 Å². The van der Waals surface area contributed by atoms with E-state index in [0.29, 0.717) is 23.7 Å². The van der Waals surface area contributed by atoms with E-state index in [9.17, 15) is 9.90 Å². The molecule has 2 rings (SSSR count). The largest absolute Gasteiger partial charge is 0.508 e. The number of amides is 1. The predicted octanol–water partition coefficient (Wildman–Crippen LogP) is 1.13. The summed E-state index contributed by atoms with van der Waals surface area (Å²) in [6.07, 6.45) is 0. The van der Waals surface area contributed by atoms with Crippen molar-refractivity contribution < 1.29 is 9.90 Å². The number of aromatic hydroxyl groups is 1. The highest BCUT2D eigenvalue weighted by atomic mass is 16.3. The van der Waals surface area contributed by atoms with E-state index in [1.807, 2.05) is 4.90 Å². The van der Waals surface area contributed by atoms with Crippen LogP contribution in [0.4, 0.5) is 0 Å². The quantitative estimate of drug-likeness (QED) is 0.766. The number of phenolic OH excluding ortho intramolecular Hbond substituents is 1. The number of carbonyl (C=O) groups is 1. The molecule has 1 saturated heterocycles. The smallest absolute Gasteiger partial charge is 0.254 e. The number of piperazine rings is 1. The van der Waals surface area contributed by atoms with E-state index in [-0.39, 0.29) is 11.7 Å². The molecular weight excluding hydrogens is 216 g/mol. The van der Waals surface area contributed by atoms with Crippen LogP contribution in [0.2, 0.25) is 0 Å². The van der Waals surface area contributed by atoms with Crippen molar-refractivity contribution in [3.63, 3.8) is 0 Å². The van der Waals surface area contributed by atoms with Gasteiger partial charge in [0.15, 0.2) is 0 Å². The summed E-state index contributed by atoms with van der Waals surface area (Å²) in [5, 5.41) is 12.9. The van der Waals surface area contributed by atoms with E-state index >= 15 is 0 Å². The first-order valence-electron chi connectivity index (χ1n) is 5.91. The van der Waals surface area contributed by atoms with E-state index in [0.717, 1.165) is 13.1 Å². The molecule has 1 unspecified atom stereocenters. The van der Waals surface area contributed by atoms with Crippen molar-refractivity contribution in [3.8, 4) is 5.75 Å². The van der Waals surface area contributed by atoms with Crippen LogP contribution in [0.25, 0.3) is 0 Å². The lowest BCUT2D eigenvalue weighted by atomic mass is 10.1. The average Bonchev–Trinajstić information content (AvgIpc) is 2.32. The molecule has 1 fully saturated rings. The Hall–Kier alpha value is -1.55. The maximum absolute atomic E-state index is 12.3. The molecule has 4 nitrogen and oxygen atoms in total. The maximum Gasteiger partial charge on any atom is 0.254 e. The van der Waals surface area contributed by atoms with Crippen LogP contribution in [-0.4, -0.2) is 41.6 Å². The normalized spacial score (nSPS) is 20.4. The van der Waals surface area contributed by atoms with E-state index in [1.165, 1.54) is 0 Å². The summed E-state index contributed by atoms with van der Waals surface area (Å²) in [7, 11) is 0. The van der Waals surface area contributed by atoms with Gasteiger partial charge in [0.05, 0.1) is 0 Å². The predicted molar refractivity (Wildman–Crippen MR) is 66.2 cm³/mol. The number of benzene rings is 1. The molecule has 1 aliphatic rings. The lowest BCUT2D eigenvalue weighted by Crippen LogP contribution is -2.51. The van der Waals surface area contributed by atoms with Crippen LogP contribution < -0.4 is 5.32 Å². The highest BCUT2D eigenvalue weighted by Crippen LogP contribution is 2.21. The molecule has 0 aliphatic carbocycles. The Kier molecular flexibility index (Phi) is 3.33. The number of hydrogen-bond donors (Lipinski definition) is 2. The van der Waals surface area contributed by atoms with Gasteiger partial charge < -0.3 is 15.3 Å². The molecule has 1 aromatic rings. The van der Waals surface area contributed by atoms with Crippen molar-refractivity contribution in [2.24, 2.45) is 0 Å². The van der Waals surface area contributed by atoms with Crippen molar-refractivity contribution in [1.82, 2.24) is 10.2 Å². The minimum Gasteiger partial charge on any atom is -0.508 e. The second-order valence-corrected chi connectivity index (χ2v) is 4.56. The first-order chi connectivity index (χ1) is 8.09. The Bertz CT molecular complexity index is 431. The van der Waals surface area contributed by atoms with E-state index in [4.69, 9.17) is 0 Å². The van der Waals surface area contributed by atoms with Crippen molar-refractivity contribution in [2.75, 3.05) is 19.6 Å². The van der Waals surface area contributed by atoms with E-state index in [1.54, 1.807) is 25.1 Å². The molecule has 4 heteroatoms. The van der Waals surface area contributed by atoms with Gasteiger partial charge in [-0.05, 0) is 26.0 Å². The van der Waals surface area contributed by atoms with Gasteiger partial charge >= 0.3 is 0 Å². The summed E-state index contributed by atoms with van der Waals surface area (Å²) < 4.78 is 0. The first-order valence-corrected chi connectivity index (χ1v) is 5.91. The molecule has 0 aromatic heterocycles. The van der Waals surface area contributed by atoms with Crippen LogP contribution in [0.1, 0.15) is 22.8 Å². The summed E-state index contributed by atoms with van der Waals surface area (Å²) in [5.41, 5.74) is 1.25. The van der Waals surface area contributed by atoms with Crippen LogP contribution in [-0.2, 0) is 0 Å². The minimum absolute atomic E-state index is 0.00625. The Morgan fingerprint density at radius 2 is 2.29 bits per heavy atom. The number of hydrogen-bond acceptors (Lipinski definition) is 3. The molecule has 1 aromatic carbocycles. The van der Waals surface area contributed by atoms with Gasteiger partial charge in [-0.1, -0.05) is 6.07 Å². The van der Waals surface area contributed by atoms with Crippen LogP contribution in [0.5, 0.6) is 5.75 Å². The van der Waals surface area contributed by atoms with Gasteiger partial charge in [0.25, 0.3) is 5.91 Å².